The molecule has 3 aromatic rings. The van der Waals surface area contributed by atoms with E-state index < -0.39 is 5.91 Å². The molecular weight excluding hydrogens is 409 g/mol. The van der Waals surface area contributed by atoms with E-state index in [-0.39, 0.29) is 30.5 Å². The van der Waals surface area contributed by atoms with E-state index in [1.165, 1.54) is 17.0 Å². The molecule has 0 spiro atoms. The van der Waals surface area contributed by atoms with E-state index in [4.69, 9.17) is 16.0 Å². The zero-order chi connectivity index (χ0) is 21.7. The van der Waals surface area contributed by atoms with Gasteiger partial charge in [0.15, 0.2) is 5.69 Å². The zero-order valence-corrected chi connectivity index (χ0v) is 17.4. The summed E-state index contributed by atoms with van der Waals surface area (Å²) in [6.07, 6.45) is 0. The van der Waals surface area contributed by atoms with Crippen molar-refractivity contribution in [3.05, 3.63) is 76.4 Å². The summed E-state index contributed by atoms with van der Waals surface area (Å²) in [7, 11) is 0. The molecule has 0 fully saturated rings. The topological polar surface area (TPSA) is 75.4 Å². The smallest absolute Gasteiger partial charge is 0.276 e. The van der Waals surface area contributed by atoms with Crippen molar-refractivity contribution in [2.75, 3.05) is 13.1 Å². The molecule has 6 nitrogen and oxygen atoms in total. The normalized spacial score (nSPS) is 10.7. The van der Waals surface area contributed by atoms with Gasteiger partial charge < -0.3 is 14.6 Å². The van der Waals surface area contributed by atoms with Crippen LogP contribution in [0, 0.1) is 12.7 Å². The highest BCUT2D eigenvalue weighted by molar-refractivity contribution is 6.30. The molecule has 30 heavy (non-hydrogen) atoms. The third kappa shape index (κ3) is 5.24. The van der Waals surface area contributed by atoms with Crippen LogP contribution in [0.3, 0.4) is 0 Å². The molecule has 0 aliphatic heterocycles. The maximum Gasteiger partial charge on any atom is 0.276 e. The second kappa shape index (κ2) is 9.54. The summed E-state index contributed by atoms with van der Waals surface area (Å²) in [5.41, 5.74) is 1.62. The monoisotopic (exact) mass is 429 g/mol. The van der Waals surface area contributed by atoms with Crippen LogP contribution in [0.2, 0.25) is 5.02 Å². The highest BCUT2D eigenvalue weighted by Crippen LogP contribution is 2.24. The zero-order valence-electron chi connectivity index (χ0n) is 16.6. The summed E-state index contributed by atoms with van der Waals surface area (Å²) in [6.45, 7) is 3.88. The van der Waals surface area contributed by atoms with Crippen LogP contribution in [0.1, 0.15) is 28.7 Å². The Labute approximate surface area is 178 Å². The number of rotatable bonds is 7. The summed E-state index contributed by atoms with van der Waals surface area (Å²) in [5, 5.41) is 3.31. The van der Waals surface area contributed by atoms with Gasteiger partial charge in [0.1, 0.15) is 11.6 Å². The van der Waals surface area contributed by atoms with Crippen molar-refractivity contribution in [1.82, 2.24) is 15.2 Å². The van der Waals surface area contributed by atoms with Gasteiger partial charge in [-0.05, 0) is 55.8 Å². The number of hydrogen-bond acceptors (Lipinski definition) is 4. The predicted molar refractivity (Wildman–Crippen MR) is 112 cm³/mol. The molecule has 1 aromatic heterocycles. The van der Waals surface area contributed by atoms with E-state index in [0.29, 0.717) is 28.8 Å². The minimum atomic E-state index is -0.393. The highest BCUT2D eigenvalue weighted by atomic mass is 35.5. The minimum Gasteiger partial charge on any atom is -0.441 e. The fraction of sp³-hybridized carbons (Fsp3) is 0.227. The SMILES string of the molecule is CCN(CC(=O)NCc1ccc(F)cc1)C(=O)c1nc(-c2ccc(Cl)cc2)oc1C. The Kier molecular flexibility index (Phi) is 6.84. The standard InChI is InChI=1S/C22H21ClFN3O3/c1-3-27(13-19(28)25-12-15-4-10-18(24)11-5-15)22(29)20-14(2)30-21(26-20)16-6-8-17(23)9-7-16/h4-11H,3,12-13H2,1-2H3,(H,25,28). The number of likely N-dealkylation sites (N-methyl/N-ethyl adjacent to an activating group) is 1. The molecule has 156 valence electrons. The summed E-state index contributed by atoms with van der Waals surface area (Å²) >= 11 is 5.90. The van der Waals surface area contributed by atoms with Gasteiger partial charge in [-0.15, -0.1) is 0 Å². The van der Waals surface area contributed by atoms with Crippen molar-refractivity contribution in [3.63, 3.8) is 0 Å². The fourth-order valence-corrected chi connectivity index (χ4v) is 2.95. The first-order valence-corrected chi connectivity index (χ1v) is 9.79. The van der Waals surface area contributed by atoms with E-state index in [0.717, 1.165) is 5.56 Å². The number of carbonyl (C=O) groups is 2. The van der Waals surface area contributed by atoms with Crippen LogP contribution < -0.4 is 5.32 Å². The summed E-state index contributed by atoms with van der Waals surface area (Å²) in [5.74, 6) is -0.377. The molecule has 0 bridgehead atoms. The Morgan fingerprint density at radius 3 is 2.43 bits per heavy atom. The van der Waals surface area contributed by atoms with Crippen LogP contribution in [-0.4, -0.2) is 34.8 Å². The lowest BCUT2D eigenvalue weighted by molar-refractivity contribution is -0.121. The maximum absolute atomic E-state index is 13.0. The van der Waals surface area contributed by atoms with Crippen molar-refractivity contribution in [3.8, 4) is 11.5 Å². The molecule has 0 aliphatic carbocycles. The molecule has 0 unspecified atom stereocenters. The summed E-state index contributed by atoms with van der Waals surface area (Å²) in [6, 6.07) is 12.8. The van der Waals surface area contributed by atoms with E-state index in [1.807, 2.05) is 0 Å². The molecular formula is C22H21ClFN3O3. The van der Waals surface area contributed by atoms with Crippen molar-refractivity contribution in [1.29, 1.82) is 0 Å². The number of benzene rings is 2. The lowest BCUT2D eigenvalue weighted by Gasteiger charge is -2.19. The van der Waals surface area contributed by atoms with E-state index in [9.17, 15) is 14.0 Å². The Balaban J connectivity index is 1.66. The second-order valence-electron chi connectivity index (χ2n) is 6.65. The minimum absolute atomic E-state index is 0.126. The number of halogens is 2. The second-order valence-corrected chi connectivity index (χ2v) is 7.09. The van der Waals surface area contributed by atoms with Crippen molar-refractivity contribution in [2.24, 2.45) is 0 Å². The average Bonchev–Trinajstić information content (AvgIpc) is 3.13. The van der Waals surface area contributed by atoms with Gasteiger partial charge in [-0.2, -0.15) is 0 Å². The van der Waals surface area contributed by atoms with Gasteiger partial charge in [0, 0.05) is 23.7 Å². The van der Waals surface area contributed by atoms with Crippen LogP contribution in [0.5, 0.6) is 0 Å². The van der Waals surface area contributed by atoms with Gasteiger partial charge in [-0.25, -0.2) is 9.37 Å². The highest BCUT2D eigenvalue weighted by Gasteiger charge is 2.24. The predicted octanol–water partition coefficient (Wildman–Crippen LogP) is 4.22. The Morgan fingerprint density at radius 2 is 1.80 bits per heavy atom. The third-order valence-corrected chi connectivity index (χ3v) is 4.75. The molecule has 0 saturated heterocycles. The Hall–Kier alpha value is -3.19. The maximum atomic E-state index is 13.0. The molecule has 0 aliphatic rings. The number of nitrogens with zero attached hydrogens (tertiary/aromatic N) is 2. The van der Waals surface area contributed by atoms with Crippen LogP contribution in [0.15, 0.2) is 52.9 Å². The average molecular weight is 430 g/mol. The third-order valence-electron chi connectivity index (χ3n) is 4.50. The molecule has 2 amide bonds. The number of hydrogen-bond donors (Lipinski definition) is 1. The van der Waals surface area contributed by atoms with Crippen LogP contribution in [-0.2, 0) is 11.3 Å². The molecule has 8 heteroatoms. The number of oxazole rings is 1. The first-order valence-electron chi connectivity index (χ1n) is 9.41. The first-order chi connectivity index (χ1) is 14.4. The van der Waals surface area contributed by atoms with Gasteiger partial charge in [-0.1, -0.05) is 23.7 Å². The molecule has 1 heterocycles. The van der Waals surface area contributed by atoms with Gasteiger partial charge in [0.25, 0.3) is 5.91 Å². The Morgan fingerprint density at radius 1 is 1.13 bits per heavy atom. The van der Waals surface area contributed by atoms with Crippen molar-refractivity contribution in [2.45, 2.75) is 20.4 Å². The largest absolute Gasteiger partial charge is 0.441 e. The van der Waals surface area contributed by atoms with E-state index >= 15 is 0 Å². The number of amides is 2. The van der Waals surface area contributed by atoms with Gasteiger partial charge in [0.05, 0.1) is 6.54 Å². The van der Waals surface area contributed by atoms with Crippen LogP contribution >= 0.6 is 11.6 Å². The first kappa shape index (κ1) is 21.5. The fourth-order valence-electron chi connectivity index (χ4n) is 2.82. The number of nitrogens with one attached hydrogen (secondary N) is 1. The van der Waals surface area contributed by atoms with E-state index in [2.05, 4.69) is 10.3 Å². The number of carbonyl (C=O) groups excluding carboxylic acids is 2. The van der Waals surface area contributed by atoms with Crippen LogP contribution in [0.25, 0.3) is 11.5 Å². The number of aromatic nitrogens is 1. The van der Waals surface area contributed by atoms with Crippen LogP contribution in [0.4, 0.5) is 4.39 Å². The molecule has 0 radical (unpaired) electrons. The summed E-state index contributed by atoms with van der Waals surface area (Å²) in [4.78, 5) is 30.9. The molecule has 0 saturated carbocycles. The molecule has 0 atom stereocenters. The van der Waals surface area contributed by atoms with Gasteiger partial charge in [-0.3, -0.25) is 9.59 Å². The van der Waals surface area contributed by atoms with Crippen molar-refractivity contribution >= 4 is 23.4 Å². The Bertz CT molecular complexity index is 1030. The van der Waals surface area contributed by atoms with Gasteiger partial charge in [0.2, 0.25) is 11.8 Å². The summed E-state index contributed by atoms with van der Waals surface area (Å²) < 4.78 is 18.6. The van der Waals surface area contributed by atoms with Gasteiger partial charge >= 0.3 is 0 Å². The molecule has 3 rings (SSSR count). The molecule has 1 N–H and O–H groups in total. The quantitative estimate of drug-likeness (QED) is 0.610. The van der Waals surface area contributed by atoms with Crippen molar-refractivity contribution < 1.29 is 18.4 Å². The lowest BCUT2D eigenvalue weighted by Crippen LogP contribution is -2.40. The lowest BCUT2D eigenvalue weighted by atomic mass is 10.2. The molecule has 2 aromatic carbocycles. The van der Waals surface area contributed by atoms with E-state index in [1.54, 1.807) is 50.2 Å². The number of aryl methyl sites for hydroxylation is 1.